The zero-order chi connectivity index (χ0) is 13.9. The van der Waals surface area contributed by atoms with E-state index in [4.69, 9.17) is 0 Å². The van der Waals surface area contributed by atoms with Gasteiger partial charge in [-0.05, 0) is 53.1 Å². The van der Waals surface area contributed by atoms with E-state index in [0.717, 1.165) is 12.1 Å². The van der Waals surface area contributed by atoms with E-state index < -0.39 is 0 Å². The molecule has 0 saturated carbocycles. The van der Waals surface area contributed by atoms with E-state index in [9.17, 15) is 10.1 Å². The van der Waals surface area contributed by atoms with Crippen molar-refractivity contribution in [3.63, 3.8) is 0 Å². The van der Waals surface area contributed by atoms with Crippen LogP contribution in [0.3, 0.4) is 0 Å². The Morgan fingerprint density at radius 2 is 2.37 bits per heavy atom. The van der Waals surface area contributed by atoms with Crippen LogP contribution in [0.4, 0.5) is 5.69 Å². The number of halogens is 1. The molecule has 104 valence electrons. The number of hydrogen-bond donors (Lipinski definition) is 1. The van der Waals surface area contributed by atoms with Gasteiger partial charge in [0.2, 0.25) is 0 Å². The second kappa shape index (κ2) is 6.24. The Morgan fingerprint density at radius 1 is 1.58 bits per heavy atom. The Balaban J connectivity index is 1.92. The number of thioether (sulfide) groups is 1. The molecule has 0 bridgehead atoms. The van der Waals surface area contributed by atoms with E-state index >= 15 is 0 Å². The van der Waals surface area contributed by atoms with Gasteiger partial charge in [0.25, 0.3) is 5.69 Å². The van der Waals surface area contributed by atoms with Gasteiger partial charge in [-0.2, -0.15) is 11.8 Å². The van der Waals surface area contributed by atoms with Crippen LogP contribution in [0.15, 0.2) is 22.7 Å². The van der Waals surface area contributed by atoms with Gasteiger partial charge < -0.3 is 5.32 Å². The van der Waals surface area contributed by atoms with Gasteiger partial charge in [-0.1, -0.05) is 6.07 Å². The molecule has 1 N–H and O–H groups in total. The van der Waals surface area contributed by atoms with Gasteiger partial charge >= 0.3 is 0 Å². The molecular weight excluding hydrogens is 328 g/mol. The Labute approximate surface area is 125 Å². The van der Waals surface area contributed by atoms with Crippen LogP contribution in [0.5, 0.6) is 0 Å². The summed E-state index contributed by atoms with van der Waals surface area (Å²) in [6.45, 7) is 3.90. The fourth-order valence-corrected chi connectivity index (χ4v) is 3.92. The van der Waals surface area contributed by atoms with Crippen molar-refractivity contribution in [2.24, 2.45) is 0 Å². The van der Waals surface area contributed by atoms with Crippen LogP contribution in [-0.4, -0.2) is 22.0 Å². The lowest BCUT2D eigenvalue weighted by Gasteiger charge is -2.23. The lowest BCUT2D eigenvalue weighted by atomic mass is 10.1. The Bertz CT molecular complexity index is 476. The minimum Gasteiger partial charge on any atom is -0.311 e. The fourth-order valence-electron chi connectivity index (χ4n) is 2.26. The van der Waals surface area contributed by atoms with Gasteiger partial charge in [-0.15, -0.1) is 0 Å². The SMILES string of the molecule is CC1(CNCc2ccc(Br)c([N+](=O)[O-])c2)CCCS1. The minimum absolute atomic E-state index is 0.126. The molecule has 0 aromatic heterocycles. The van der Waals surface area contributed by atoms with Crippen LogP contribution in [0.2, 0.25) is 0 Å². The maximum Gasteiger partial charge on any atom is 0.283 e. The lowest BCUT2D eigenvalue weighted by Crippen LogP contribution is -2.32. The van der Waals surface area contributed by atoms with Crippen molar-refractivity contribution in [3.8, 4) is 0 Å². The molecule has 1 saturated heterocycles. The Morgan fingerprint density at radius 3 is 3.00 bits per heavy atom. The summed E-state index contributed by atoms with van der Waals surface area (Å²) < 4.78 is 0.848. The highest BCUT2D eigenvalue weighted by Crippen LogP contribution is 2.37. The van der Waals surface area contributed by atoms with Crippen molar-refractivity contribution < 1.29 is 4.92 Å². The number of hydrogen-bond acceptors (Lipinski definition) is 4. The quantitative estimate of drug-likeness (QED) is 0.653. The molecule has 1 aliphatic rings. The number of benzene rings is 1. The first-order valence-electron chi connectivity index (χ1n) is 6.28. The van der Waals surface area contributed by atoms with Crippen molar-refractivity contribution in [1.29, 1.82) is 0 Å². The lowest BCUT2D eigenvalue weighted by molar-refractivity contribution is -0.385. The fraction of sp³-hybridized carbons (Fsp3) is 0.538. The summed E-state index contributed by atoms with van der Waals surface area (Å²) in [5.41, 5.74) is 1.07. The van der Waals surface area contributed by atoms with Crippen LogP contribution in [0.25, 0.3) is 0 Å². The third kappa shape index (κ3) is 3.94. The summed E-state index contributed by atoms with van der Waals surface area (Å²) in [7, 11) is 0. The second-order valence-electron chi connectivity index (χ2n) is 5.05. The van der Waals surface area contributed by atoms with E-state index in [-0.39, 0.29) is 10.6 Å². The molecule has 0 radical (unpaired) electrons. The first-order valence-corrected chi connectivity index (χ1v) is 8.05. The van der Waals surface area contributed by atoms with Crippen LogP contribution >= 0.6 is 27.7 Å². The summed E-state index contributed by atoms with van der Waals surface area (Å²) >= 11 is 5.21. The van der Waals surface area contributed by atoms with Crippen molar-refractivity contribution in [3.05, 3.63) is 38.3 Å². The van der Waals surface area contributed by atoms with E-state index in [1.807, 2.05) is 17.8 Å². The normalized spacial score (nSPS) is 22.6. The molecule has 1 aliphatic heterocycles. The van der Waals surface area contributed by atoms with Crippen LogP contribution in [0.1, 0.15) is 25.3 Å². The van der Waals surface area contributed by atoms with Gasteiger partial charge in [0, 0.05) is 23.9 Å². The average molecular weight is 345 g/mol. The number of rotatable bonds is 5. The van der Waals surface area contributed by atoms with E-state index in [1.165, 1.54) is 18.6 Å². The topological polar surface area (TPSA) is 55.2 Å². The molecule has 0 aliphatic carbocycles. The molecule has 19 heavy (non-hydrogen) atoms. The Kier molecular flexibility index (Phi) is 4.86. The highest BCUT2D eigenvalue weighted by atomic mass is 79.9. The number of nitro groups is 1. The van der Waals surface area contributed by atoms with E-state index in [2.05, 4.69) is 28.2 Å². The molecule has 4 nitrogen and oxygen atoms in total. The molecule has 1 aromatic rings. The maximum atomic E-state index is 10.9. The summed E-state index contributed by atoms with van der Waals surface area (Å²) in [5.74, 6) is 1.24. The highest BCUT2D eigenvalue weighted by molar-refractivity contribution is 9.10. The zero-order valence-corrected chi connectivity index (χ0v) is 13.2. The molecule has 0 spiro atoms. The molecule has 1 unspecified atom stereocenters. The second-order valence-corrected chi connectivity index (χ2v) is 7.59. The van der Waals surface area contributed by atoms with Gasteiger partial charge in [0.15, 0.2) is 0 Å². The monoisotopic (exact) mass is 344 g/mol. The predicted octanol–water partition coefficient (Wildman–Crippen LogP) is 3.73. The molecule has 1 heterocycles. The molecule has 2 rings (SSSR count). The summed E-state index contributed by atoms with van der Waals surface area (Å²) in [6, 6.07) is 5.27. The Hall–Kier alpha value is -0.590. The standard InChI is InChI=1S/C13H17BrN2O2S/c1-13(5-2-6-19-13)9-15-8-10-3-4-11(14)12(7-10)16(17)18/h3-4,7,15H,2,5-6,8-9H2,1H3. The molecule has 1 aromatic carbocycles. The van der Waals surface area contributed by atoms with Crippen molar-refractivity contribution in [1.82, 2.24) is 5.32 Å². The predicted molar refractivity (Wildman–Crippen MR) is 82.6 cm³/mol. The molecule has 6 heteroatoms. The minimum atomic E-state index is -0.359. The van der Waals surface area contributed by atoms with Crippen molar-refractivity contribution in [2.45, 2.75) is 31.1 Å². The van der Waals surface area contributed by atoms with Gasteiger partial charge in [-0.25, -0.2) is 0 Å². The summed E-state index contributed by atoms with van der Waals surface area (Å²) in [4.78, 5) is 10.5. The molecule has 1 atom stereocenters. The number of nitrogens with one attached hydrogen (secondary N) is 1. The smallest absolute Gasteiger partial charge is 0.283 e. The first kappa shape index (κ1) is 14.8. The van der Waals surface area contributed by atoms with E-state index in [1.54, 1.807) is 12.1 Å². The first-order chi connectivity index (χ1) is 9.00. The zero-order valence-electron chi connectivity index (χ0n) is 10.8. The van der Waals surface area contributed by atoms with Crippen LogP contribution < -0.4 is 5.32 Å². The van der Waals surface area contributed by atoms with Gasteiger partial charge in [0.05, 0.1) is 9.40 Å². The summed E-state index contributed by atoms with van der Waals surface area (Å²) in [5, 5.41) is 14.3. The van der Waals surface area contributed by atoms with Gasteiger partial charge in [0.1, 0.15) is 0 Å². The van der Waals surface area contributed by atoms with E-state index in [0.29, 0.717) is 15.8 Å². The van der Waals surface area contributed by atoms with Crippen LogP contribution in [-0.2, 0) is 6.54 Å². The highest BCUT2D eigenvalue weighted by Gasteiger charge is 2.28. The number of nitrogens with zero attached hydrogens (tertiary/aromatic N) is 1. The third-order valence-electron chi connectivity index (χ3n) is 3.34. The number of nitro benzene ring substituents is 1. The van der Waals surface area contributed by atoms with Crippen LogP contribution in [0, 0.1) is 10.1 Å². The summed E-state index contributed by atoms with van der Waals surface area (Å²) in [6.07, 6.45) is 2.53. The molecule has 1 fully saturated rings. The third-order valence-corrected chi connectivity index (χ3v) is 5.54. The van der Waals surface area contributed by atoms with Crippen molar-refractivity contribution >= 4 is 33.4 Å². The average Bonchev–Trinajstić information content (AvgIpc) is 2.78. The maximum absolute atomic E-state index is 10.9. The molecule has 0 amide bonds. The molecular formula is C13H17BrN2O2S. The largest absolute Gasteiger partial charge is 0.311 e. The van der Waals surface area contributed by atoms with Gasteiger partial charge in [-0.3, -0.25) is 10.1 Å². The van der Waals surface area contributed by atoms with Crippen molar-refractivity contribution in [2.75, 3.05) is 12.3 Å².